The van der Waals surface area contributed by atoms with Crippen LogP contribution in [0.3, 0.4) is 0 Å². The van der Waals surface area contributed by atoms with Gasteiger partial charge in [0.15, 0.2) is 5.60 Å². The Morgan fingerprint density at radius 2 is 1.93 bits per heavy atom. The molecule has 0 fully saturated rings. The quantitative estimate of drug-likeness (QED) is 0.559. The molecule has 3 aromatic rings. The zero-order valence-corrected chi connectivity index (χ0v) is 16.0. The molecular formula is C18H18N2O5S2. The maximum absolute atomic E-state index is 12.6. The number of carbonyl (C=O) groups is 1. The van der Waals surface area contributed by atoms with Crippen molar-refractivity contribution in [2.75, 3.05) is 11.9 Å². The molecule has 1 atom stereocenters. The largest absolute Gasteiger partial charge is 0.466 e. The molecule has 2 aromatic heterocycles. The second-order valence-corrected chi connectivity index (χ2v) is 8.56. The number of sulfonamides is 1. The van der Waals surface area contributed by atoms with Gasteiger partial charge in [0.05, 0.1) is 17.7 Å². The third kappa shape index (κ3) is 4.28. The zero-order chi connectivity index (χ0) is 19.5. The van der Waals surface area contributed by atoms with Crippen molar-refractivity contribution in [1.29, 1.82) is 0 Å². The predicted octanol–water partition coefficient (Wildman–Crippen LogP) is 2.51. The molecule has 1 unspecified atom stereocenters. The van der Waals surface area contributed by atoms with E-state index in [1.807, 2.05) is 0 Å². The Labute approximate surface area is 160 Å². The SMILES string of the molecule is CC(=O)Nc1ccc(S(=O)(=O)NCC(O)(c2ccco2)c2cccs2)cc1. The summed E-state index contributed by atoms with van der Waals surface area (Å²) >= 11 is 1.30. The van der Waals surface area contributed by atoms with Crippen molar-refractivity contribution in [3.05, 3.63) is 70.8 Å². The van der Waals surface area contributed by atoms with E-state index in [1.165, 1.54) is 48.8 Å². The van der Waals surface area contributed by atoms with Crippen LogP contribution in [0.15, 0.2) is 69.5 Å². The zero-order valence-electron chi connectivity index (χ0n) is 14.4. The van der Waals surface area contributed by atoms with Crippen molar-refractivity contribution in [2.45, 2.75) is 17.4 Å². The van der Waals surface area contributed by atoms with E-state index in [9.17, 15) is 18.3 Å². The van der Waals surface area contributed by atoms with Gasteiger partial charge in [0.25, 0.3) is 0 Å². The van der Waals surface area contributed by atoms with Crippen LogP contribution >= 0.6 is 11.3 Å². The fourth-order valence-corrected chi connectivity index (χ4v) is 4.42. The van der Waals surface area contributed by atoms with E-state index in [4.69, 9.17) is 4.42 Å². The fraction of sp³-hybridized carbons (Fsp3) is 0.167. The average molecular weight is 406 g/mol. The highest BCUT2D eigenvalue weighted by molar-refractivity contribution is 7.89. The summed E-state index contributed by atoms with van der Waals surface area (Å²) in [6, 6.07) is 12.4. The number of rotatable bonds is 7. The number of anilines is 1. The standard InChI is InChI=1S/C18H18N2O5S2/c1-13(21)20-14-6-8-15(9-7-14)27(23,24)19-12-18(22,16-4-2-10-25-16)17-5-3-11-26-17/h2-11,19,22H,12H2,1H3,(H,20,21). The van der Waals surface area contributed by atoms with E-state index in [1.54, 1.807) is 29.6 Å². The Kier molecular flexibility index (Phi) is 5.47. The molecule has 0 spiro atoms. The summed E-state index contributed by atoms with van der Waals surface area (Å²) in [7, 11) is -3.88. The number of hydrogen-bond donors (Lipinski definition) is 3. The van der Waals surface area contributed by atoms with E-state index < -0.39 is 15.6 Å². The Hall–Kier alpha value is -2.46. The first kappa shape index (κ1) is 19.3. The molecule has 27 heavy (non-hydrogen) atoms. The van der Waals surface area contributed by atoms with E-state index in [-0.39, 0.29) is 23.1 Å². The van der Waals surface area contributed by atoms with E-state index in [2.05, 4.69) is 10.0 Å². The van der Waals surface area contributed by atoms with Crippen molar-refractivity contribution in [3.8, 4) is 0 Å². The highest BCUT2D eigenvalue weighted by atomic mass is 32.2. The van der Waals surface area contributed by atoms with Crippen LogP contribution in [-0.2, 0) is 20.4 Å². The Balaban J connectivity index is 1.81. The highest BCUT2D eigenvalue weighted by Gasteiger charge is 2.37. The first-order valence-corrected chi connectivity index (χ1v) is 10.4. The molecular weight excluding hydrogens is 388 g/mol. The van der Waals surface area contributed by atoms with E-state index in [0.29, 0.717) is 10.6 Å². The number of nitrogens with one attached hydrogen (secondary N) is 2. The lowest BCUT2D eigenvalue weighted by molar-refractivity contribution is -0.114. The lowest BCUT2D eigenvalue weighted by Gasteiger charge is -2.25. The third-order valence-electron chi connectivity index (χ3n) is 3.86. The molecule has 7 nitrogen and oxygen atoms in total. The number of benzene rings is 1. The summed E-state index contributed by atoms with van der Waals surface area (Å²) < 4.78 is 33.0. The minimum Gasteiger partial charge on any atom is -0.466 e. The number of hydrogen-bond acceptors (Lipinski definition) is 6. The van der Waals surface area contributed by atoms with Crippen LogP contribution in [-0.4, -0.2) is 26.0 Å². The van der Waals surface area contributed by atoms with Gasteiger partial charge < -0.3 is 14.8 Å². The fourth-order valence-electron chi connectivity index (χ4n) is 2.53. The summed E-state index contributed by atoms with van der Waals surface area (Å²) in [6.45, 7) is 1.07. The molecule has 3 N–H and O–H groups in total. The van der Waals surface area contributed by atoms with Gasteiger partial charge in [0.1, 0.15) is 5.76 Å². The maximum atomic E-state index is 12.6. The highest BCUT2D eigenvalue weighted by Crippen LogP contribution is 2.33. The maximum Gasteiger partial charge on any atom is 0.240 e. The van der Waals surface area contributed by atoms with Crippen LogP contribution < -0.4 is 10.0 Å². The molecule has 0 aliphatic rings. The van der Waals surface area contributed by atoms with Gasteiger partial charge in [-0.15, -0.1) is 11.3 Å². The molecule has 0 bridgehead atoms. The summed E-state index contributed by atoms with van der Waals surface area (Å²) in [5.74, 6) is -0.00292. The predicted molar refractivity (Wildman–Crippen MR) is 102 cm³/mol. The summed E-state index contributed by atoms with van der Waals surface area (Å²) in [6.07, 6.45) is 1.42. The van der Waals surface area contributed by atoms with Crippen molar-refractivity contribution in [3.63, 3.8) is 0 Å². The first-order chi connectivity index (χ1) is 12.8. The molecule has 0 aliphatic heterocycles. The molecule has 1 amide bonds. The average Bonchev–Trinajstić information content (AvgIpc) is 3.33. The number of carbonyl (C=O) groups excluding carboxylic acids is 1. The first-order valence-electron chi connectivity index (χ1n) is 7.99. The van der Waals surface area contributed by atoms with Gasteiger partial charge >= 0.3 is 0 Å². The molecule has 0 saturated carbocycles. The molecule has 1 aromatic carbocycles. The topological polar surface area (TPSA) is 109 Å². The smallest absolute Gasteiger partial charge is 0.240 e. The molecule has 0 saturated heterocycles. The van der Waals surface area contributed by atoms with Gasteiger partial charge in [-0.1, -0.05) is 6.07 Å². The van der Waals surface area contributed by atoms with E-state index >= 15 is 0 Å². The van der Waals surface area contributed by atoms with Crippen molar-refractivity contribution < 1.29 is 22.7 Å². The van der Waals surface area contributed by atoms with Gasteiger partial charge in [-0.2, -0.15) is 0 Å². The lowest BCUT2D eigenvalue weighted by Crippen LogP contribution is -2.40. The van der Waals surface area contributed by atoms with Crippen LogP contribution in [0.1, 0.15) is 17.6 Å². The Bertz CT molecular complexity index is 960. The van der Waals surface area contributed by atoms with Gasteiger partial charge in [-0.05, 0) is 47.8 Å². The van der Waals surface area contributed by atoms with Crippen LogP contribution in [0.5, 0.6) is 0 Å². The molecule has 142 valence electrons. The molecule has 2 heterocycles. The second kappa shape index (κ2) is 7.65. The van der Waals surface area contributed by atoms with Crippen LogP contribution in [0.4, 0.5) is 5.69 Å². The minimum absolute atomic E-state index is 0.0181. The van der Waals surface area contributed by atoms with Crippen molar-refractivity contribution >= 4 is 33.0 Å². The number of thiophene rings is 1. The van der Waals surface area contributed by atoms with Crippen LogP contribution in [0.25, 0.3) is 0 Å². The molecule has 0 aliphatic carbocycles. The number of aliphatic hydroxyl groups is 1. The Morgan fingerprint density at radius 3 is 2.48 bits per heavy atom. The summed E-state index contributed by atoms with van der Waals surface area (Å²) in [5, 5.41) is 15.5. The second-order valence-electron chi connectivity index (χ2n) is 5.84. The van der Waals surface area contributed by atoms with Gasteiger partial charge in [-0.3, -0.25) is 4.79 Å². The van der Waals surface area contributed by atoms with Gasteiger partial charge in [-0.25, -0.2) is 13.1 Å². The monoisotopic (exact) mass is 406 g/mol. The van der Waals surface area contributed by atoms with E-state index in [0.717, 1.165) is 0 Å². The number of amides is 1. The molecule has 9 heteroatoms. The summed E-state index contributed by atoms with van der Waals surface area (Å²) in [4.78, 5) is 11.6. The minimum atomic E-state index is -3.88. The number of furan rings is 1. The lowest BCUT2D eigenvalue weighted by atomic mass is 9.99. The summed E-state index contributed by atoms with van der Waals surface area (Å²) in [5.41, 5.74) is -1.13. The third-order valence-corrected chi connectivity index (χ3v) is 6.30. The van der Waals surface area contributed by atoms with Crippen LogP contribution in [0, 0.1) is 0 Å². The van der Waals surface area contributed by atoms with Gasteiger partial charge in [0, 0.05) is 17.5 Å². The van der Waals surface area contributed by atoms with Crippen molar-refractivity contribution in [2.24, 2.45) is 0 Å². The molecule has 3 rings (SSSR count). The Morgan fingerprint density at radius 1 is 1.19 bits per heavy atom. The van der Waals surface area contributed by atoms with Crippen LogP contribution in [0.2, 0.25) is 0 Å². The normalized spacial score (nSPS) is 13.9. The molecule has 0 radical (unpaired) electrons. The van der Waals surface area contributed by atoms with Gasteiger partial charge in [0.2, 0.25) is 15.9 Å². The van der Waals surface area contributed by atoms with Crippen molar-refractivity contribution in [1.82, 2.24) is 4.72 Å².